The summed E-state index contributed by atoms with van der Waals surface area (Å²) in [6.07, 6.45) is 1.60. The van der Waals surface area contributed by atoms with E-state index in [1.807, 2.05) is 72.8 Å². The third-order valence-corrected chi connectivity index (χ3v) is 12.5. The zero-order valence-corrected chi connectivity index (χ0v) is 42.5. The van der Waals surface area contributed by atoms with E-state index in [1.54, 1.807) is 0 Å². The quantitative estimate of drug-likeness (QED) is 0.0594. The van der Waals surface area contributed by atoms with Gasteiger partial charge in [0.1, 0.15) is 34.5 Å². The summed E-state index contributed by atoms with van der Waals surface area (Å²) in [5.41, 5.74) is 11.1. The first kappa shape index (κ1) is 49.6. The molecule has 0 saturated carbocycles. The predicted octanol–water partition coefficient (Wildman–Crippen LogP) is 18.5. The van der Waals surface area contributed by atoms with Gasteiger partial charge in [0.05, 0.1) is 13.2 Å². The molecule has 6 nitrogen and oxygen atoms in total. The highest BCUT2D eigenvalue weighted by molar-refractivity contribution is 6.18. The second kappa shape index (κ2) is 22.7. The van der Waals surface area contributed by atoms with Crippen molar-refractivity contribution in [2.75, 3.05) is 34.8 Å². The largest absolute Gasteiger partial charge is 0.494 e. The summed E-state index contributed by atoms with van der Waals surface area (Å²) in [6, 6.07) is 67.1. The van der Waals surface area contributed by atoms with Gasteiger partial charge in [-0.3, -0.25) is 0 Å². The van der Waals surface area contributed by atoms with Crippen molar-refractivity contribution in [2.24, 2.45) is 0 Å². The first-order valence-corrected chi connectivity index (χ1v) is 25.1. The van der Waals surface area contributed by atoms with Crippen molar-refractivity contribution in [3.63, 3.8) is 0 Å². The van der Waals surface area contributed by atoms with E-state index < -0.39 is 0 Å². The Morgan fingerprint density at radius 1 is 0.314 bits per heavy atom. The zero-order valence-electron chi connectivity index (χ0n) is 41.0. The number of alkyl halides is 2. The van der Waals surface area contributed by atoms with Crippen molar-refractivity contribution < 1.29 is 18.9 Å². The van der Waals surface area contributed by atoms with Crippen LogP contribution in [-0.2, 0) is 10.8 Å². The maximum atomic E-state index is 6.24. The van der Waals surface area contributed by atoms with E-state index in [4.69, 9.17) is 42.1 Å². The van der Waals surface area contributed by atoms with E-state index in [0.29, 0.717) is 25.0 Å². The second-order valence-electron chi connectivity index (χ2n) is 19.3. The number of nitrogens with zero attached hydrogens (tertiary/aromatic N) is 2. The molecule has 8 heteroatoms. The Morgan fingerprint density at radius 3 is 0.800 bits per heavy atom. The zero-order chi connectivity index (χ0) is 49.1. The summed E-state index contributed by atoms with van der Waals surface area (Å²) >= 11 is 11.6. The van der Waals surface area contributed by atoms with Crippen LogP contribution in [-0.4, -0.2) is 25.0 Å². The highest BCUT2D eigenvalue weighted by atomic mass is 35.5. The van der Waals surface area contributed by atoms with Gasteiger partial charge in [-0.05, 0) is 192 Å². The number of benzene rings is 8. The average Bonchev–Trinajstić information content (AvgIpc) is 3.37. The van der Waals surface area contributed by atoms with Gasteiger partial charge in [-0.25, -0.2) is 0 Å². The molecule has 0 saturated heterocycles. The lowest BCUT2D eigenvalue weighted by atomic mass is 9.87. The van der Waals surface area contributed by atoms with E-state index in [0.717, 1.165) is 92.6 Å². The molecule has 0 aliphatic heterocycles. The SMILES string of the molecule is CC(C)(C)c1ccc(N(c2ccc(Oc3ccc(OCCCCl)cc3)cc2)c2ccc(-c3ccc(N(c4ccc(Oc5ccc(OCCCCl)cc5)cc4)c4ccc(C(C)(C)C)cc4)cc3)cc2)cc1. The van der Waals surface area contributed by atoms with Crippen LogP contribution in [0.4, 0.5) is 34.1 Å². The van der Waals surface area contributed by atoms with E-state index in [1.165, 1.54) is 11.1 Å². The molecule has 0 N–H and O–H groups in total. The molecular weight excluding hydrogens is 908 g/mol. The monoisotopic (exact) mass is 968 g/mol. The van der Waals surface area contributed by atoms with Crippen molar-refractivity contribution in [2.45, 2.75) is 65.2 Å². The first-order valence-electron chi connectivity index (χ1n) is 24.0. The number of ether oxygens (including phenoxy) is 4. The molecule has 8 aromatic rings. The maximum Gasteiger partial charge on any atom is 0.127 e. The van der Waals surface area contributed by atoms with Crippen molar-refractivity contribution >= 4 is 57.3 Å². The summed E-state index contributed by atoms with van der Waals surface area (Å²) < 4.78 is 24.0. The molecule has 0 amide bonds. The lowest BCUT2D eigenvalue weighted by molar-refractivity contribution is 0.317. The number of halogens is 2. The van der Waals surface area contributed by atoms with Crippen LogP contribution < -0.4 is 28.7 Å². The third kappa shape index (κ3) is 12.9. The van der Waals surface area contributed by atoms with E-state index in [-0.39, 0.29) is 10.8 Å². The molecule has 0 bridgehead atoms. The van der Waals surface area contributed by atoms with E-state index in [9.17, 15) is 0 Å². The summed E-state index contributed by atoms with van der Waals surface area (Å²) in [4.78, 5) is 4.57. The topological polar surface area (TPSA) is 43.4 Å². The van der Waals surface area contributed by atoms with Crippen molar-refractivity contribution in [1.29, 1.82) is 0 Å². The number of hydrogen-bond acceptors (Lipinski definition) is 6. The normalized spacial score (nSPS) is 11.5. The predicted molar refractivity (Wildman–Crippen MR) is 293 cm³/mol. The van der Waals surface area contributed by atoms with Gasteiger partial charge in [0, 0.05) is 45.9 Å². The number of anilines is 6. The highest BCUT2D eigenvalue weighted by Crippen LogP contribution is 2.41. The minimum absolute atomic E-state index is 0.0383. The van der Waals surface area contributed by atoms with Crippen LogP contribution in [0.15, 0.2) is 194 Å². The van der Waals surface area contributed by atoms with Crippen LogP contribution in [0.3, 0.4) is 0 Å². The van der Waals surface area contributed by atoms with E-state index in [2.05, 4.69) is 173 Å². The lowest BCUT2D eigenvalue weighted by Gasteiger charge is -2.27. The molecule has 0 unspecified atom stereocenters. The van der Waals surface area contributed by atoms with Crippen molar-refractivity contribution in [3.8, 4) is 45.6 Å². The van der Waals surface area contributed by atoms with Gasteiger partial charge in [0.2, 0.25) is 0 Å². The maximum absolute atomic E-state index is 6.24. The Kier molecular flexibility index (Phi) is 16.1. The molecule has 0 spiro atoms. The average molecular weight is 970 g/mol. The van der Waals surface area contributed by atoms with Gasteiger partial charge in [-0.15, -0.1) is 23.2 Å². The van der Waals surface area contributed by atoms with Crippen LogP contribution in [0.5, 0.6) is 34.5 Å². The fourth-order valence-corrected chi connectivity index (χ4v) is 8.24. The lowest BCUT2D eigenvalue weighted by Crippen LogP contribution is -2.13. The Labute approximate surface area is 425 Å². The number of rotatable bonds is 19. The van der Waals surface area contributed by atoms with Gasteiger partial charge >= 0.3 is 0 Å². The molecule has 0 fully saturated rings. The Hall–Kier alpha value is -6.86. The van der Waals surface area contributed by atoms with Crippen LogP contribution in [0.2, 0.25) is 0 Å². The molecule has 0 radical (unpaired) electrons. The molecule has 0 aliphatic rings. The van der Waals surface area contributed by atoms with Crippen molar-refractivity contribution in [1.82, 2.24) is 0 Å². The van der Waals surface area contributed by atoms with Gasteiger partial charge in [-0.1, -0.05) is 90.1 Å². The summed E-state index contributed by atoms with van der Waals surface area (Å²) in [5, 5.41) is 0. The third-order valence-electron chi connectivity index (χ3n) is 12.0. The fraction of sp³-hybridized carbons (Fsp3) is 0.226. The number of hydrogen-bond donors (Lipinski definition) is 0. The minimum atomic E-state index is 0.0383. The van der Waals surface area contributed by atoms with Crippen molar-refractivity contribution in [3.05, 3.63) is 205 Å². The molecule has 0 aromatic heterocycles. The van der Waals surface area contributed by atoms with E-state index >= 15 is 0 Å². The smallest absolute Gasteiger partial charge is 0.127 e. The molecule has 0 atom stereocenters. The molecule has 0 aliphatic carbocycles. The Balaban J connectivity index is 1.03. The van der Waals surface area contributed by atoms with Crippen LogP contribution >= 0.6 is 23.2 Å². The molecule has 70 heavy (non-hydrogen) atoms. The second-order valence-corrected chi connectivity index (χ2v) is 20.0. The standard InChI is InChI=1S/C62H62Cl2N2O4/c1-61(2,3)47-13-21-51(22-14-47)65(53-25-29-57(30-26-53)69-59-37-33-55(34-38-59)67-43-7-41-63)49-17-9-45(10-18-49)46-11-19-50(20-12-46)66(52-23-15-48(16-24-52)62(4,5)6)54-27-31-58(32-28-54)70-60-39-35-56(36-40-60)68-44-8-42-64/h9-40H,7-8,41-44H2,1-6H3. The van der Waals surface area contributed by atoms with Crippen LogP contribution in [0, 0.1) is 0 Å². The fourth-order valence-electron chi connectivity index (χ4n) is 8.02. The van der Waals surface area contributed by atoms with Gasteiger partial charge < -0.3 is 28.7 Å². The molecular formula is C62H62Cl2N2O4. The molecule has 0 heterocycles. The van der Waals surface area contributed by atoms with Gasteiger partial charge in [-0.2, -0.15) is 0 Å². The molecule has 8 aromatic carbocycles. The summed E-state index contributed by atoms with van der Waals surface area (Å²) in [6.45, 7) is 14.6. The highest BCUT2D eigenvalue weighted by Gasteiger charge is 2.19. The van der Waals surface area contributed by atoms with Gasteiger partial charge in [0.15, 0.2) is 0 Å². The first-order chi connectivity index (χ1) is 33.8. The summed E-state index contributed by atoms with van der Waals surface area (Å²) in [5.74, 6) is 5.71. The molecule has 8 rings (SSSR count). The molecule has 358 valence electrons. The minimum Gasteiger partial charge on any atom is -0.494 e. The van der Waals surface area contributed by atoms with Crippen LogP contribution in [0.25, 0.3) is 11.1 Å². The van der Waals surface area contributed by atoms with Crippen LogP contribution in [0.1, 0.15) is 65.5 Å². The Morgan fingerprint density at radius 2 is 0.543 bits per heavy atom. The summed E-state index contributed by atoms with van der Waals surface area (Å²) in [7, 11) is 0. The Bertz CT molecular complexity index is 2650. The van der Waals surface area contributed by atoms with Gasteiger partial charge in [0.25, 0.3) is 0 Å².